The van der Waals surface area contributed by atoms with Crippen LogP contribution in [0.4, 0.5) is 0 Å². The summed E-state index contributed by atoms with van der Waals surface area (Å²) in [6.07, 6.45) is 1.63. The molecule has 28 heavy (non-hydrogen) atoms. The molecule has 1 atom stereocenters. The minimum atomic E-state index is -0.651. The van der Waals surface area contributed by atoms with Gasteiger partial charge in [-0.1, -0.05) is 24.3 Å². The lowest BCUT2D eigenvalue weighted by molar-refractivity contribution is 0.0965. The van der Waals surface area contributed by atoms with E-state index in [1.165, 1.54) is 0 Å². The predicted octanol–water partition coefficient (Wildman–Crippen LogP) is 2.62. The van der Waals surface area contributed by atoms with E-state index in [9.17, 15) is 9.90 Å². The Balaban J connectivity index is 1.38. The molecule has 2 aromatic rings. The number of Topliss-reactive ketones (excluding diaryl/α,β-unsaturated/α-hetero) is 1. The second kappa shape index (κ2) is 10.1. The normalized spacial score (nSPS) is 14.3. The first kappa shape index (κ1) is 20.2. The summed E-state index contributed by atoms with van der Waals surface area (Å²) >= 11 is 0. The van der Waals surface area contributed by atoms with Gasteiger partial charge >= 0.3 is 0 Å². The van der Waals surface area contributed by atoms with Crippen LogP contribution in [0.5, 0.6) is 17.2 Å². The number of fused-ring (bicyclic) bond motifs is 1. The molecule has 150 valence electrons. The fourth-order valence-electron chi connectivity index (χ4n) is 3.27. The van der Waals surface area contributed by atoms with Crippen molar-refractivity contribution in [2.75, 3.05) is 33.4 Å². The molecule has 0 saturated heterocycles. The van der Waals surface area contributed by atoms with Crippen molar-refractivity contribution in [2.24, 2.45) is 0 Å². The third kappa shape index (κ3) is 5.24. The molecule has 0 saturated carbocycles. The van der Waals surface area contributed by atoms with Gasteiger partial charge in [-0.05, 0) is 31.0 Å². The number of carbonyl (C=O) groups is 1. The number of carbonyl (C=O) groups excluding carboxylic acids is 1. The average Bonchev–Trinajstić information content (AvgIpc) is 2.72. The molecule has 1 aliphatic carbocycles. The van der Waals surface area contributed by atoms with Crippen molar-refractivity contribution in [3.05, 3.63) is 53.6 Å². The maximum absolute atomic E-state index is 12.0. The van der Waals surface area contributed by atoms with Crippen LogP contribution < -0.4 is 19.5 Å². The molecule has 0 spiro atoms. The second-order valence-corrected chi connectivity index (χ2v) is 6.73. The smallest absolute Gasteiger partial charge is 0.163 e. The molecule has 0 bridgehead atoms. The molecule has 6 heteroatoms. The van der Waals surface area contributed by atoms with E-state index in [1.54, 1.807) is 7.11 Å². The quantitative estimate of drug-likeness (QED) is 0.613. The Morgan fingerprint density at radius 2 is 1.82 bits per heavy atom. The second-order valence-electron chi connectivity index (χ2n) is 6.73. The number of ether oxygens (including phenoxy) is 3. The Hall–Kier alpha value is -2.57. The van der Waals surface area contributed by atoms with Crippen molar-refractivity contribution in [1.29, 1.82) is 0 Å². The molecule has 1 unspecified atom stereocenters. The fraction of sp³-hybridized carbons (Fsp3) is 0.409. The van der Waals surface area contributed by atoms with E-state index < -0.39 is 6.10 Å². The van der Waals surface area contributed by atoms with E-state index >= 15 is 0 Å². The molecule has 6 nitrogen and oxygen atoms in total. The van der Waals surface area contributed by atoms with Crippen molar-refractivity contribution in [3.8, 4) is 17.2 Å². The highest BCUT2D eigenvalue weighted by atomic mass is 16.5. The summed E-state index contributed by atoms with van der Waals surface area (Å²) < 4.78 is 16.7. The van der Waals surface area contributed by atoms with Gasteiger partial charge in [0.05, 0.1) is 7.11 Å². The van der Waals surface area contributed by atoms with Gasteiger partial charge in [-0.3, -0.25) is 4.79 Å². The van der Waals surface area contributed by atoms with Crippen LogP contribution in [0.2, 0.25) is 0 Å². The summed E-state index contributed by atoms with van der Waals surface area (Å²) in [6, 6.07) is 13.0. The number of aliphatic hydroxyl groups excluding tert-OH is 1. The van der Waals surface area contributed by atoms with Crippen molar-refractivity contribution in [3.63, 3.8) is 0 Å². The standard InChI is InChI=1S/C22H27NO5/c1-26-21-9-2-3-10-22(21)27-13-12-23-14-16(24)15-28-20-11-5-6-17-18(20)7-4-8-19(17)25/h2-3,5-6,9-11,16,23-24H,4,7-8,12-15H2,1H3. The van der Waals surface area contributed by atoms with Gasteiger partial charge in [0.25, 0.3) is 0 Å². The van der Waals surface area contributed by atoms with Crippen LogP contribution in [-0.4, -0.2) is 50.4 Å². The van der Waals surface area contributed by atoms with Crippen molar-refractivity contribution in [1.82, 2.24) is 5.32 Å². The summed E-state index contributed by atoms with van der Waals surface area (Å²) in [4.78, 5) is 12.0. The minimum Gasteiger partial charge on any atom is -0.493 e. The molecule has 2 N–H and O–H groups in total. The van der Waals surface area contributed by atoms with Gasteiger partial charge in [-0.2, -0.15) is 0 Å². The zero-order valence-electron chi connectivity index (χ0n) is 16.1. The lowest BCUT2D eigenvalue weighted by Gasteiger charge is -2.20. The Morgan fingerprint density at radius 1 is 1.04 bits per heavy atom. The minimum absolute atomic E-state index is 0.170. The van der Waals surface area contributed by atoms with Gasteiger partial charge in [-0.25, -0.2) is 0 Å². The Morgan fingerprint density at radius 3 is 2.64 bits per heavy atom. The molecule has 0 amide bonds. The molecular formula is C22H27NO5. The number of nitrogens with one attached hydrogen (secondary N) is 1. The summed E-state index contributed by atoms with van der Waals surface area (Å²) in [5, 5.41) is 13.3. The molecule has 3 rings (SSSR count). The highest BCUT2D eigenvalue weighted by molar-refractivity contribution is 5.99. The zero-order valence-corrected chi connectivity index (χ0v) is 16.1. The number of para-hydroxylation sites is 2. The summed E-state index contributed by atoms with van der Waals surface area (Å²) in [5.41, 5.74) is 1.72. The zero-order chi connectivity index (χ0) is 19.8. The van der Waals surface area contributed by atoms with Crippen LogP contribution >= 0.6 is 0 Å². The van der Waals surface area contributed by atoms with E-state index in [0.717, 1.165) is 24.0 Å². The first-order valence-corrected chi connectivity index (χ1v) is 9.61. The number of methoxy groups -OCH3 is 1. The van der Waals surface area contributed by atoms with Crippen molar-refractivity contribution in [2.45, 2.75) is 25.4 Å². The number of rotatable bonds is 10. The molecule has 0 aromatic heterocycles. The van der Waals surface area contributed by atoms with Crippen molar-refractivity contribution >= 4 is 5.78 Å². The largest absolute Gasteiger partial charge is 0.493 e. The van der Waals surface area contributed by atoms with Crippen LogP contribution in [-0.2, 0) is 6.42 Å². The first-order chi connectivity index (χ1) is 13.7. The maximum Gasteiger partial charge on any atom is 0.163 e. The molecule has 0 heterocycles. The monoisotopic (exact) mass is 385 g/mol. The van der Waals surface area contributed by atoms with E-state index in [0.29, 0.717) is 43.4 Å². The van der Waals surface area contributed by atoms with Crippen LogP contribution in [0.25, 0.3) is 0 Å². The van der Waals surface area contributed by atoms with Gasteiger partial charge in [0.15, 0.2) is 17.3 Å². The highest BCUT2D eigenvalue weighted by Crippen LogP contribution is 2.29. The van der Waals surface area contributed by atoms with E-state index in [2.05, 4.69) is 5.32 Å². The Kier molecular flexibility index (Phi) is 7.28. The summed E-state index contributed by atoms with van der Waals surface area (Å²) in [5.74, 6) is 2.26. The molecule has 2 aromatic carbocycles. The Labute approximate surface area is 165 Å². The highest BCUT2D eigenvalue weighted by Gasteiger charge is 2.20. The third-order valence-electron chi connectivity index (χ3n) is 4.68. The lowest BCUT2D eigenvalue weighted by atomic mass is 9.90. The first-order valence-electron chi connectivity index (χ1n) is 9.61. The Bertz CT molecular complexity index is 792. The topological polar surface area (TPSA) is 77.0 Å². The average molecular weight is 385 g/mol. The number of ketones is 1. The van der Waals surface area contributed by atoms with E-state index in [4.69, 9.17) is 14.2 Å². The van der Waals surface area contributed by atoms with Crippen LogP contribution in [0, 0.1) is 0 Å². The van der Waals surface area contributed by atoms with Crippen LogP contribution in [0.15, 0.2) is 42.5 Å². The molecule has 0 fully saturated rings. The number of benzene rings is 2. The van der Waals surface area contributed by atoms with Gasteiger partial charge < -0.3 is 24.6 Å². The lowest BCUT2D eigenvalue weighted by Crippen LogP contribution is -2.33. The molecule has 1 aliphatic rings. The van der Waals surface area contributed by atoms with Crippen LogP contribution in [0.1, 0.15) is 28.8 Å². The summed E-state index contributed by atoms with van der Waals surface area (Å²) in [7, 11) is 1.61. The van der Waals surface area contributed by atoms with Gasteiger partial charge in [0.2, 0.25) is 0 Å². The van der Waals surface area contributed by atoms with Crippen LogP contribution in [0.3, 0.4) is 0 Å². The van der Waals surface area contributed by atoms with Gasteiger partial charge in [0.1, 0.15) is 25.1 Å². The SMILES string of the molecule is COc1ccccc1OCCNCC(O)COc1cccc2c1CCCC2=O. The number of hydrogen-bond donors (Lipinski definition) is 2. The maximum atomic E-state index is 12.0. The third-order valence-corrected chi connectivity index (χ3v) is 4.68. The van der Waals surface area contributed by atoms with Gasteiger partial charge in [0, 0.05) is 30.6 Å². The molecular weight excluding hydrogens is 358 g/mol. The molecule has 0 radical (unpaired) electrons. The number of hydrogen-bond acceptors (Lipinski definition) is 6. The van der Waals surface area contributed by atoms with E-state index in [-0.39, 0.29) is 12.4 Å². The fourth-order valence-corrected chi connectivity index (χ4v) is 3.27. The summed E-state index contributed by atoms with van der Waals surface area (Å²) in [6.45, 7) is 1.61. The van der Waals surface area contributed by atoms with Crippen molar-refractivity contribution < 1.29 is 24.1 Å². The predicted molar refractivity (Wildman–Crippen MR) is 107 cm³/mol. The number of aliphatic hydroxyl groups is 1. The molecule has 0 aliphatic heterocycles. The van der Waals surface area contributed by atoms with E-state index in [1.807, 2.05) is 42.5 Å². The van der Waals surface area contributed by atoms with Gasteiger partial charge in [-0.15, -0.1) is 0 Å².